The average Bonchev–Trinajstić information content (AvgIpc) is 2.34. The Hall–Kier alpha value is -1.75. The molecule has 0 saturated heterocycles. The van der Waals surface area contributed by atoms with Crippen LogP contribution >= 0.6 is 0 Å². The van der Waals surface area contributed by atoms with Gasteiger partial charge in [-0.1, -0.05) is 6.07 Å². The van der Waals surface area contributed by atoms with E-state index in [2.05, 4.69) is 0 Å². The van der Waals surface area contributed by atoms with E-state index in [0.29, 0.717) is 30.3 Å². The number of amides is 1. The molecule has 0 aliphatic rings. The predicted molar refractivity (Wildman–Crippen MR) is 63.5 cm³/mol. The third-order valence-corrected chi connectivity index (χ3v) is 2.20. The molecule has 1 amide bonds. The monoisotopic (exact) mass is 239 g/mol. The van der Waals surface area contributed by atoms with Crippen LogP contribution in [0.5, 0.6) is 11.5 Å². The summed E-state index contributed by atoms with van der Waals surface area (Å²) in [6, 6.07) is 5.04. The number of hydrogen-bond donors (Lipinski definition) is 1. The number of rotatable bonds is 7. The molecule has 1 aromatic carbocycles. The zero-order chi connectivity index (χ0) is 12.7. The fourth-order valence-electron chi connectivity index (χ4n) is 1.42. The van der Waals surface area contributed by atoms with E-state index in [4.69, 9.17) is 19.9 Å². The summed E-state index contributed by atoms with van der Waals surface area (Å²) < 4.78 is 15.6. The molecular formula is C12H17NO4. The maximum Gasteiger partial charge on any atom is 0.252 e. The highest BCUT2D eigenvalue weighted by Crippen LogP contribution is 2.30. The fourth-order valence-corrected chi connectivity index (χ4v) is 1.42. The molecule has 1 aromatic rings. The highest BCUT2D eigenvalue weighted by Gasteiger charge is 2.13. The second kappa shape index (κ2) is 6.75. The largest absolute Gasteiger partial charge is 0.492 e. The van der Waals surface area contributed by atoms with Crippen LogP contribution < -0.4 is 15.2 Å². The highest BCUT2D eigenvalue weighted by atomic mass is 16.5. The number of benzene rings is 1. The lowest BCUT2D eigenvalue weighted by molar-refractivity contribution is 0.0996. The standard InChI is InChI=1S/C12H17NO4/c1-15-7-4-8-17-10-6-3-5-9(12(13)14)11(10)16-2/h3,5-6H,4,7-8H2,1-2H3,(H2,13,14). The number of nitrogens with two attached hydrogens (primary N) is 1. The zero-order valence-electron chi connectivity index (χ0n) is 10.1. The minimum atomic E-state index is -0.538. The summed E-state index contributed by atoms with van der Waals surface area (Å²) in [5, 5.41) is 0. The van der Waals surface area contributed by atoms with Crippen LogP contribution in [-0.4, -0.2) is 33.3 Å². The van der Waals surface area contributed by atoms with Gasteiger partial charge in [0.05, 0.1) is 19.3 Å². The Labute approximate surface area is 100 Å². The Kier molecular flexibility index (Phi) is 5.29. The van der Waals surface area contributed by atoms with E-state index in [0.717, 1.165) is 6.42 Å². The first-order valence-electron chi connectivity index (χ1n) is 5.29. The molecule has 0 aromatic heterocycles. The second-order valence-electron chi connectivity index (χ2n) is 3.40. The van der Waals surface area contributed by atoms with Crippen LogP contribution in [0.1, 0.15) is 16.8 Å². The second-order valence-corrected chi connectivity index (χ2v) is 3.40. The third kappa shape index (κ3) is 3.64. The number of hydrogen-bond acceptors (Lipinski definition) is 4. The molecule has 0 aliphatic heterocycles. The van der Waals surface area contributed by atoms with E-state index in [1.54, 1.807) is 25.3 Å². The van der Waals surface area contributed by atoms with Crippen molar-refractivity contribution in [2.45, 2.75) is 6.42 Å². The van der Waals surface area contributed by atoms with E-state index in [-0.39, 0.29) is 0 Å². The van der Waals surface area contributed by atoms with Crippen LogP contribution in [0.25, 0.3) is 0 Å². The van der Waals surface area contributed by atoms with E-state index < -0.39 is 5.91 Å². The van der Waals surface area contributed by atoms with Gasteiger partial charge in [0, 0.05) is 20.1 Å². The molecule has 0 saturated carbocycles. The lowest BCUT2D eigenvalue weighted by Gasteiger charge is -2.12. The molecule has 0 spiro atoms. The van der Waals surface area contributed by atoms with Gasteiger partial charge in [-0.25, -0.2) is 0 Å². The van der Waals surface area contributed by atoms with Crippen LogP contribution in [-0.2, 0) is 4.74 Å². The Morgan fingerprint density at radius 1 is 1.29 bits per heavy atom. The van der Waals surface area contributed by atoms with Gasteiger partial charge in [-0.05, 0) is 12.1 Å². The molecule has 17 heavy (non-hydrogen) atoms. The molecule has 0 bridgehead atoms. The van der Waals surface area contributed by atoms with Crippen molar-refractivity contribution in [3.8, 4) is 11.5 Å². The number of carbonyl (C=O) groups is 1. The van der Waals surface area contributed by atoms with Crippen molar-refractivity contribution in [3.63, 3.8) is 0 Å². The normalized spacial score (nSPS) is 10.0. The summed E-state index contributed by atoms with van der Waals surface area (Å²) in [7, 11) is 3.11. The first kappa shape index (κ1) is 13.3. The maximum atomic E-state index is 11.2. The molecule has 0 aliphatic carbocycles. The van der Waals surface area contributed by atoms with Crippen molar-refractivity contribution < 1.29 is 19.0 Å². The third-order valence-electron chi connectivity index (χ3n) is 2.20. The van der Waals surface area contributed by atoms with Gasteiger partial charge in [-0.15, -0.1) is 0 Å². The number of para-hydroxylation sites is 1. The zero-order valence-corrected chi connectivity index (χ0v) is 10.1. The first-order chi connectivity index (χ1) is 8.20. The van der Waals surface area contributed by atoms with Crippen molar-refractivity contribution in [2.24, 2.45) is 5.73 Å². The first-order valence-corrected chi connectivity index (χ1v) is 5.29. The van der Waals surface area contributed by atoms with Crippen LogP contribution in [0.2, 0.25) is 0 Å². The summed E-state index contributed by atoms with van der Waals surface area (Å²) >= 11 is 0. The number of methoxy groups -OCH3 is 2. The van der Waals surface area contributed by atoms with Crippen molar-refractivity contribution in [1.82, 2.24) is 0 Å². The van der Waals surface area contributed by atoms with Crippen molar-refractivity contribution in [3.05, 3.63) is 23.8 Å². The Morgan fingerprint density at radius 2 is 2.06 bits per heavy atom. The van der Waals surface area contributed by atoms with Gasteiger partial charge >= 0.3 is 0 Å². The van der Waals surface area contributed by atoms with Gasteiger partial charge in [-0.2, -0.15) is 0 Å². The minimum Gasteiger partial charge on any atom is -0.492 e. The molecule has 1 rings (SSSR count). The Balaban J connectivity index is 2.77. The van der Waals surface area contributed by atoms with Crippen molar-refractivity contribution in [2.75, 3.05) is 27.4 Å². The molecule has 0 atom stereocenters. The van der Waals surface area contributed by atoms with Crippen LogP contribution in [0.4, 0.5) is 0 Å². The van der Waals surface area contributed by atoms with Gasteiger partial charge in [0.1, 0.15) is 0 Å². The van der Waals surface area contributed by atoms with Gasteiger partial charge < -0.3 is 19.9 Å². The van der Waals surface area contributed by atoms with Crippen LogP contribution in [0.15, 0.2) is 18.2 Å². The summed E-state index contributed by atoms with van der Waals surface area (Å²) in [5.41, 5.74) is 5.56. The molecule has 94 valence electrons. The van der Waals surface area contributed by atoms with Gasteiger partial charge in [0.15, 0.2) is 11.5 Å². The molecule has 0 unspecified atom stereocenters. The van der Waals surface area contributed by atoms with E-state index in [1.807, 2.05) is 0 Å². The summed E-state index contributed by atoms with van der Waals surface area (Å²) in [6.07, 6.45) is 0.764. The van der Waals surface area contributed by atoms with Crippen molar-refractivity contribution >= 4 is 5.91 Å². The SMILES string of the molecule is COCCCOc1cccc(C(N)=O)c1OC. The number of primary amides is 1. The topological polar surface area (TPSA) is 70.8 Å². The molecule has 0 heterocycles. The molecule has 0 fully saturated rings. The smallest absolute Gasteiger partial charge is 0.252 e. The fraction of sp³-hybridized carbons (Fsp3) is 0.417. The molecule has 5 nitrogen and oxygen atoms in total. The Bertz CT molecular complexity index is 379. The van der Waals surface area contributed by atoms with E-state index in [9.17, 15) is 4.79 Å². The number of carbonyl (C=O) groups excluding carboxylic acids is 1. The predicted octanol–water partition coefficient (Wildman–Crippen LogP) is 1.21. The number of ether oxygens (including phenoxy) is 3. The lowest BCUT2D eigenvalue weighted by Crippen LogP contribution is -2.13. The van der Waals surface area contributed by atoms with Crippen LogP contribution in [0.3, 0.4) is 0 Å². The molecule has 2 N–H and O–H groups in total. The van der Waals surface area contributed by atoms with Gasteiger partial charge in [-0.3, -0.25) is 4.79 Å². The lowest BCUT2D eigenvalue weighted by atomic mass is 10.2. The average molecular weight is 239 g/mol. The summed E-state index contributed by atoms with van der Waals surface area (Å²) in [6.45, 7) is 1.12. The van der Waals surface area contributed by atoms with Gasteiger partial charge in [0.2, 0.25) is 0 Å². The van der Waals surface area contributed by atoms with Gasteiger partial charge in [0.25, 0.3) is 5.91 Å². The highest BCUT2D eigenvalue weighted by molar-refractivity contribution is 5.96. The van der Waals surface area contributed by atoms with Crippen molar-refractivity contribution in [1.29, 1.82) is 0 Å². The Morgan fingerprint density at radius 3 is 2.65 bits per heavy atom. The quantitative estimate of drug-likeness (QED) is 0.726. The summed E-state index contributed by atoms with van der Waals surface area (Å²) in [5.74, 6) is 0.349. The van der Waals surface area contributed by atoms with E-state index in [1.165, 1.54) is 7.11 Å². The van der Waals surface area contributed by atoms with E-state index >= 15 is 0 Å². The molecule has 0 radical (unpaired) electrons. The van der Waals surface area contributed by atoms with Crippen LogP contribution in [0, 0.1) is 0 Å². The molecular weight excluding hydrogens is 222 g/mol. The minimum absolute atomic E-state index is 0.316. The summed E-state index contributed by atoms with van der Waals surface area (Å²) in [4.78, 5) is 11.2. The molecule has 5 heteroatoms. The maximum absolute atomic E-state index is 11.2.